The van der Waals surface area contributed by atoms with E-state index in [0.717, 1.165) is 12.0 Å². The molecular formula is C16H26ClFOSi. The van der Waals surface area contributed by atoms with E-state index >= 15 is 0 Å². The van der Waals surface area contributed by atoms with E-state index in [1.165, 1.54) is 0 Å². The van der Waals surface area contributed by atoms with Gasteiger partial charge in [-0.25, -0.2) is 4.39 Å². The van der Waals surface area contributed by atoms with Gasteiger partial charge in [-0.1, -0.05) is 45.4 Å². The summed E-state index contributed by atoms with van der Waals surface area (Å²) in [4.78, 5) is 0. The molecule has 1 atom stereocenters. The molecule has 4 heteroatoms. The van der Waals surface area contributed by atoms with Crippen LogP contribution in [0.25, 0.3) is 0 Å². The summed E-state index contributed by atoms with van der Waals surface area (Å²) in [7, 11) is -1.91. The topological polar surface area (TPSA) is 9.23 Å². The van der Waals surface area contributed by atoms with Crippen molar-refractivity contribution in [3.63, 3.8) is 0 Å². The zero-order valence-electron chi connectivity index (χ0n) is 13.4. The highest BCUT2D eigenvalue weighted by Crippen LogP contribution is 2.37. The summed E-state index contributed by atoms with van der Waals surface area (Å²) < 4.78 is 20.5. The van der Waals surface area contributed by atoms with Crippen LogP contribution in [0, 0.1) is 0 Å². The molecule has 1 aromatic carbocycles. The van der Waals surface area contributed by atoms with Gasteiger partial charge in [-0.05, 0) is 47.8 Å². The van der Waals surface area contributed by atoms with Gasteiger partial charge in [0.2, 0.25) is 0 Å². The Balaban J connectivity index is 2.82. The zero-order valence-corrected chi connectivity index (χ0v) is 15.1. The minimum atomic E-state index is -1.91. The van der Waals surface area contributed by atoms with Crippen LogP contribution in [0.1, 0.15) is 45.0 Å². The number of halogens is 2. The van der Waals surface area contributed by atoms with Crippen LogP contribution in [0.15, 0.2) is 18.2 Å². The van der Waals surface area contributed by atoms with Crippen LogP contribution in [0.4, 0.5) is 4.39 Å². The first-order chi connectivity index (χ1) is 9.08. The number of alkyl halides is 1. The van der Waals surface area contributed by atoms with E-state index in [0.29, 0.717) is 10.6 Å². The maximum atomic E-state index is 14.5. The molecule has 0 aliphatic heterocycles. The summed E-state index contributed by atoms with van der Waals surface area (Å²) in [5.41, 5.74) is 1.67. The first-order valence-corrected chi connectivity index (χ1v) is 10.4. The molecule has 0 saturated carbocycles. The van der Waals surface area contributed by atoms with E-state index < -0.39 is 14.5 Å². The minimum Gasteiger partial charge on any atom is -0.414 e. The SMILES string of the molecule is CCc1ccc(Cl)cc1C(F)CO[Si](C)(C)C(C)(C)C. The molecule has 20 heavy (non-hydrogen) atoms. The molecule has 0 heterocycles. The second kappa shape index (κ2) is 6.59. The zero-order chi connectivity index (χ0) is 15.6. The van der Waals surface area contributed by atoms with Gasteiger partial charge in [-0.3, -0.25) is 0 Å². The molecule has 1 rings (SSSR count). The van der Waals surface area contributed by atoms with E-state index in [1.807, 2.05) is 19.1 Å². The fourth-order valence-electron chi connectivity index (χ4n) is 1.77. The van der Waals surface area contributed by atoms with Gasteiger partial charge in [0.25, 0.3) is 0 Å². The highest BCUT2D eigenvalue weighted by molar-refractivity contribution is 6.74. The molecule has 0 amide bonds. The number of benzene rings is 1. The van der Waals surface area contributed by atoms with Crippen molar-refractivity contribution in [3.8, 4) is 0 Å². The van der Waals surface area contributed by atoms with E-state index in [4.69, 9.17) is 16.0 Å². The molecule has 1 aromatic rings. The van der Waals surface area contributed by atoms with Gasteiger partial charge in [-0.2, -0.15) is 0 Å². The third kappa shape index (κ3) is 4.30. The van der Waals surface area contributed by atoms with Crippen molar-refractivity contribution in [2.45, 2.75) is 58.4 Å². The Kier molecular flexibility index (Phi) is 5.82. The predicted octanol–water partition coefficient (Wildman–Crippen LogP) is 5.93. The molecule has 1 nitrogen and oxygen atoms in total. The molecule has 0 saturated heterocycles. The molecule has 0 aliphatic carbocycles. The number of aryl methyl sites for hydroxylation is 1. The molecular weight excluding hydrogens is 291 g/mol. The van der Waals surface area contributed by atoms with Crippen molar-refractivity contribution in [2.75, 3.05) is 6.61 Å². The van der Waals surface area contributed by atoms with Crippen LogP contribution in [-0.2, 0) is 10.8 Å². The van der Waals surface area contributed by atoms with E-state index in [1.54, 1.807) is 6.07 Å². The van der Waals surface area contributed by atoms with Crippen LogP contribution in [0.3, 0.4) is 0 Å². The summed E-state index contributed by atoms with van der Waals surface area (Å²) >= 11 is 5.98. The van der Waals surface area contributed by atoms with Gasteiger partial charge in [0, 0.05) is 5.02 Å². The second-order valence-corrected chi connectivity index (χ2v) is 12.0. The Morgan fingerprint density at radius 2 is 1.90 bits per heavy atom. The molecule has 0 N–H and O–H groups in total. The standard InChI is InChI=1S/C16H26ClFOSi/c1-7-12-8-9-13(17)10-14(12)15(18)11-19-20(5,6)16(2,3)4/h8-10,15H,7,11H2,1-6H3. The Labute approximate surface area is 128 Å². The number of rotatable bonds is 5. The summed E-state index contributed by atoms with van der Waals surface area (Å²) in [5.74, 6) is 0. The molecule has 0 spiro atoms. The highest BCUT2D eigenvalue weighted by Gasteiger charge is 2.37. The van der Waals surface area contributed by atoms with Gasteiger partial charge in [0.05, 0.1) is 6.61 Å². The first-order valence-electron chi connectivity index (χ1n) is 7.15. The summed E-state index contributed by atoms with van der Waals surface area (Å²) in [5, 5.41) is 0.668. The molecule has 0 radical (unpaired) electrons. The molecule has 1 unspecified atom stereocenters. The lowest BCUT2D eigenvalue weighted by Gasteiger charge is -2.36. The molecule has 114 valence electrons. The first kappa shape index (κ1) is 17.7. The van der Waals surface area contributed by atoms with Crippen molar-refractivity contribution < 1.29 is 8.82 Å². The smallest absolute Gasteiger partial charge is 0.192 e. The van der Waals surface area contributed by atoms with E-state index in [2.05, 4.69) is 33.9 Å². The quantitative estimate of drug-likeness (QED) is 0.611. The number of hydrogen-bond acceptors (Lipinski definition) is 1. The van der Waals surface area contributed by atoms with Crippen molar-refractivity contribution in [3.05, 3.63) is 34.3 Å². The highest BCUT2D eigenvalue weighted by atomic mass is 35.5. The Bertz CT molecular complexity index is 454. The van der Waals surface area contributed by atoms with Gasteiger partial charge in [0.15, 0.2) is 8.32 Å². The van der Waals surface area contributed by atoms with Gasteiger partial charge < -0.3 is 4.43 Å². The van der Waals surface area contributed by atoms with Crippen molar-refractivity contribution in [1.29, 1.82) is 0 Å². The number of hydrogen-bond donors (Lipinski definition) is 0. The molecule has 0 bridgehead atoms. The van der Waals surface area contributed by atoms with Crippen LogP contribution >= 0.6 is 11.6 Å². The minimum absolute atomic E-state index is 0.0919. The third-order valence-corrected chi connectivity index (χ3v) is 8.96. The van der Waals surface area contributed by atoms with Gasteiger partial charge in [-0.15, -0.1) is 0 Å². The van der Waals surface area contributed by atoms with Gasteiger partial charge in [0.1, 0.15) is 6.17 Å². The molecule has 0 aliphatic rings. The van der Waals surface area contributed by atoms with Gasteiger partial charge >= 0.3 is 0 Å². The second-order valence-electron chi connectivity index (χ2n) is 6.74. The van der Waals surface area contributed by atoms with Crippen LogP contribution < -0.4 is 0 Å². The largest absolute Gasteiger partial charge is 0.414 e. The molecule has 0 fully saturated rings. The Morgan fingerprint density at radius 1 is 1.30 bits per heavy atom. The van der Waals surface area contributed by atoms with E-state index in [-0.39, 0.29) is 11.6 Å². The normalized spacial score (nSPS) is 14.4. The monoisotopic (exact) mass is 316 g/mol. The maximum absolute atomic E-state index is 14.5. The lowest BCUT2D eigenvalue weighted by Crippen LogP contribution is -2.41. The Morgan fingerprint density at radius 3 is 2.40 bits per heavy atom. The van der Waals surface area contributed by atoms with Crippen molar-refractivity contribution in [2.24, 2.45) is 0 Å². The summed E-state index contributed by atoms with van der Waals surface area (Å²) in [6.45, 7) is 12.9. The van der Waals surface area contributed by atoms with Crippen LogP contribution in [0.5, 0.6) is 0 Å². The van der Waals surface area contributed by atoms with Crippen LogP contribution in [0.2, 0.25) is 23.2 Å². The fourth-order valence-corrected chi connectivity index (χ4v) is 2.94. The van der Waals surface area contributed by atoms with Crippen molar-refractivity contribution in [1.82, 2.24) is 0 Å². The van der Waals surface area contributed by atoms with Crippen LogP contribution in [-0.4, -0.2) is 14.9 Å². The Hall–Kier alpha value is -0.383. The fraction of sp³-hybridized carbons (Fsp3) is 0.625. The van der Waals surface area contributed by atoms with E-state index in [9.17, 15) is 4.39 Å². The average Bonchev–Trinajstić information content (AvgIpc) is 2.34. The molecule has 0 aromatic heterocycles. The van der Waals surface area contributed by atoms with Crippen molar-refractivity contribution >= 4 is 19.9 Å². The average molecular weight is 317 g/mol. The third-order valence-electron chi connectivity index (χ3n) is 4.22. The maximum Gasteiger partial charge on any atom is 0.192 e. The summed E-state index contributed by atoms with van der Waals surface area (Å²) in [6.07, 6.45) is -0.315. The lowest BCUT2D eigenvalue weighted by atomic mass is 10.0. The summed E-state index contributed by atoms with van der Waals surface area (Å²) in [6, 6.07) is 5.43. The predicted molar refractivity (Wildman–Crippen MR) is 87.8 cm³/mol. The lowest BCUT2D eigenvalue weighted by molar-refractivity contribution is 0.183.